The number of carbonyl (C=O) groups is 6. The van der Waals surface area contributed by atoms with Gasteiger partial charge in [0.05, 0.1) is 57.3 Å². The highest BCUT2D eigenvalue weighted by Gasteiger charge is 2.62. The number of nitrogens with one attached hydrogen (secondary N) is 4. The van der Waals surface area contributed by atoms with Gasteiger partial charge in [-0.25, -0.2) is 9.59 Å². The molecule has 0 saturated carbocycles. The molecule has 36 heteroatoms. The fraction of sp³-hybridized carbons (Fsp3) is 0.864. The number of aliphatic hydroxyl groups is 15. The predicted molar refractivity (Wildman–Crippen MR) is 247 cm³/mol. The Bertz CT molecular complexity index is 2120. The van der Waals surface area contributed by atoms with Gasteiger partial charge in [-0.1, -0.05) is 0 Å². The zero-order chi connectivity index (χ0) is 60.0. The van der Waals surface area contributed by atoms with E-state index in [0.29, 0.717) is 0 Å². The van der Waals surface area contributed by atoms with E-state index in [1.807, 2.05) is 0 Å². The maximum atomic E-state index is 13.5. The zero-order valence-electron chi connectivity index (χ0n) is 43.1. The Balaban J connectivity index is 1.58. The van der Waals surface area contributed by atoms with Crippen molar-refractivity contribution < 1.29 is 158 Å². The Hall–Kier alpha value is -4.14. The molecule has 0 aromatic heterocycles. The molecule has 0 spiro atoms. The normalized spacial score (nSPS) is 42.0. The van der Waals surface area contributed by atoms with E-state index in [0.717, 1.165) is 27.7 Å². The van der Waals surface area contributed by atoms with Gasteiger partial charge in [0, 0.05) is 40.5 Å². The van der Waals surface area contributed by atoms with E-state index in [1.165, 1.54) is 0 Å². The number of aliphatic carboxylic acids is 2. The van der Waals surface area contributed by atoms with Crippen molar-refractivity contribution in [2.24, 2.45) is 0 Å². The lowest BCUT2D eigenvalue weighted by Gasteiger charge is -2.52. The van der Waals surface area contributed by atoms with Crippen molar-refractivity contribution in [1.29, 1.82) is 0 Å². The zero-order valence-corrected chi connectivity index (χ0v) is 43.1. The van der Waals surface area contributed by atoms with Gasteiger partial charge in [0.15, 0.2) is 18.9 Å². The topological polar surface area (TPSA) is 578 Å². The first-order valence-electron chi connectivity index (χ1n) is 24.8. The molecule has 5 saturated heterocycles. The van der Waals surface area contributed by atoms with Gasteiger partial charge in [-0.15, -0.1) is 0 Å². The molecule has 5 heterocycles. The third kappa shape index (κ3) is 14.8. The van der Waals surface area contributed by atoms with Gasteiger partial charge in [0.25, 0.3) is 11.6 Å². The molecule has 27 atom stereocenters. The van der Waals surface area contributed by atoms with Crippen LogP contribution in [0.15, 0.2) is 0 Å². The number of hydrogen-bond donors (Lipinski definition) is 21. The van der Waals surface area contributed by atoms with Crippen molar-refractivity contribution in [2.45, 2.75) is 205 Å². The number of ether oxygens (including phenoxy) is 9. The molecule has 5 rings (SSSR count). The quantitative estimate of drug-likeness (QED) is 0.0452. The lowest BCUT2D eigenvalue weighted by atomic mass is 9.88. The molecule has 21 N–H and O–H groups in total. The lowest BCUT2D eigenvalue weighted by molar-refractivity contribution is -0.397. The Labute approximate surface area is 452 Å². The van der Waals surface area contributed by atoms with E-state index in [2.05, 4.69) is 21.3 Å². The van der Waals surface area contributed by atoms with E-state index in [9.17, 15) is 116 Å². The average Bonchev–Trinajstić information content (AvgIpc) is 3.39. The fourth-order valence-electron chi connectivity index (χ4n) is 9.93. The molecule has 460 valence electrons. The number of carboxylic acids is 2. The molecule has 0 bridgehead atoms. The highest BCUT2D eigenvalue weighted by molar-refractivity contribution is 5.77. The van der Waals surface area contributed by atoms with Crippen LogP contribution in [0.4, 0.5) is 0 Å². The third-order valence-electron chi connectivity index (χ3n) is 13.9. The summed E-state index contributed by atoms with van der Waals surface area (Å²) in [6.07, 6.45) is -47.9. The SMILES string of the molecule is CC(=O)N[C@@H]1[C@@H](O[C@@H]2O[C@H](CO)[C@H](O[C@H]3O[C@H](CO)[C@H](O)[C@H](O)[C@H]3NC(C)=O)[C@H](O[C@]3(C(=O)O)C[C@H](O)[C@@H](NC(C)=O)[C@H]([C@H](O)[C@H](O)CO)O3)[C@H]2O)[C@@H](O)[C@@H](CO[C@]2(C(=O)O)C[C@H](O)[C@@H](NC(C)=O)[C@H]([C@H](O)[C@H](O)CO)O2)O[C@@H]1O. The second-order valence-electron chi connectivity index (χ2n) is 19.8. The summed E-state index contributed by atoms with van der Waals surface area (Å²) in [5.41, 5.74) is 0. The summed E-state index contributed by atoms with van der Waals surface area (Å²) in [6, 6.07) is -7.17. The fourth-order valence-corrected chi connectivity index (χ4v) is 9.93. The van der Waals surface area contributed by atoms with Gasteiger partial charge < -0.3 is 151 Å². The highest BCUT2D eigenvalue weighted by atomic mass is 16.8. The number of carboxylic acid groups (broad SMARTS) is 2. The second kappa shape index (κ2) is 28.0. The van der Waals surface area contributed by atoms with E-state index in [1.54, 1.807) is 0 Å². The number of carbonyl (C=O) groups excluding carboxylic acids is 4. The number of hydrogen-bond acceptors (Lipinski definition) is 30. The van der Waals surface area contributed by atoms with E-state index in [4.69, 9.17) is 42.6 Å². The molecule has 0 aromatic carbocycles. The minimum Gasteiger partial charge on any atom is -0.477 e. The first-order chi connectivity index (χ1) is 37.4. The molecule has 80 heavy (non-hydrogen) atoms. The second-order valence-corrected chi connectivity index (χ2v) is 19.8. The standard InChI is InChI=1S/C44H72N4O32/c1-12(53)45-23-16(57)5-43(41(68)69,78-35(23)27(61)18(59)7-49)72-11-22-30(64)34(26(38(67)73-22)48-15(4)56)77-40-32(66)37(33(21(10-52)75-40)76-39-25(47-14(3)55)31(65)29(63)20(9-51)74-39)80-44(42(70)71)6-17(58)24(46-13(2)54)36(79-44)28(62)19(60)8-50/h16-40,49-52,57-67H,5-11H2,1-4H3,(H,45,53)(H,46,54)(H,47,55)(H,48,56)(H,68,69)(H,70,71)/t16-,17-,18+,19+,20+,21+,22+,23+,24+,25+,26+,27+,28+,29-,30-,31+,32+,33-,34+,35+,36+,37+,38-,39+,40-,43+,44-/m0/s1. The van der Waals surface area contributed by atoms with Crippen LogP contribution in [0, 0.1) is 0 Å². The highest BCUT2D eigenvalue weighted by Crippen LogP contribution is 2.41. The van der Waals surface area contributed by atoms with Crippen LogP contribution in [-0.4, -0.2) is 320 Å². The maximum absolute atomic E-state index is 13.5. The van der Waals surface area contributed by atoms with Gasteiger partial charge in [0.1, 0.15) is 110 Å². The summed E-state index contributed by atoms with van der Waals surface area (Å²) < 4.78 is 52.2. The van der Waals surface area contributed by atoms with Crippen LogP contribution in [0.25, 0.3) is 0 Å². The lowest BCUT2D eigenvalue weighted by Crippen LogP contribution is -2.72. The smallest absolute Gasteiger partial charge is 0.364 e. The largest absolute Gasteiger partial charge is 0.477 e. The summed E-state index contributed by atoms with van der Waals surface area (Å²) in [4.78, 5) is 75.7. The van der Waals surface area contributed by atoms with Crippen LogP contribution in [0.2, 0.25) is 0 Å². The molecule has 0 radical (unpaired) electrons. The Morgan fingerprint density at radius 1 is 0.512 bits per heavy atom. The molecule has 5 aliphatic heterocycles. The average molecular weight is 1170 g/mol. The number of rotatable bonds is 23. The first kappa shape index (κ1) is 66.7. The van der Waals surface area contributed by atoms with Crippen LogP contribution < -0.4 is 21.3 Å². The van der Waals surface area contributed by atoms with Crippen LogP contribution in [0.1, 0.15) is 40.5 Å². The molecular formula is C44H72N4O32. The minimum atomic E-state index is -3.39. The van der Waals surface area contributed by atoms with Crippen LogP contribution in [-0.2, 0) is 71.4 Å². The van der Waals surface area contributed by atoms with Crippen molar-refractivity contribution in [3.63, 3.8) is 0 Å². The summed E-state index contributed by atoms with van der Waals surface area (Å²) in [5.74, 6) is -14.2. The van der Waals surface area contributed by atoms with Crippen molar-refractivity contribution in [1.82, 2.24) is 21.3 Å². The third-order valence-corrected chi connectivity index (χ3v) is 13.9. The Morgan fingerprint density at radius 3 is 1.41 bits per heavy atom. The molecular weight excluding hydrogens is 1100 g/mol. The number of amides is 4. The summed E-state index contributed by atoms with van der Waals surface area (Å²) in [7, 11) is 0. The molecule has 0 unspecified atom stereocenters. The van der Waals surface area contributed by atoms with Gasteiger partial charge >= 0.3 is 11.9 Å². The van der Waals surface area contributed by atoms with Gasteiger partial charge in [-0.05, 0) is 0 Å². The summed E-state index contributed by atoms with van der Waals surface area (Å²) >= 11 is 0. The van der Waals surface area contributed by atoms with Crippen molar-refractivity contribution >= 4 is 35.6 Å². The molecule has 0 aromatic rings. The maximum Gasteiger partial charge on any atom is 0.364 e. The van der Waals surface area contributed by atoms with E-state index >= 15 is 0 Å². The van der Waals surface area contributed by atoms with Crippen LogP contribution >= 0.6 is 0 Å². The van der Waals surface area contributed by atoms with Crippen LogP contribution in [0.3, 0.4) is 0 Å². The molecule has 0 aliphatic carbocycles. The molecule has 5 aliphatic rings. The van der Waals surface area contributed by atoms with E-state index < -0.39 is 246 Å². The molecule has 36 nitrogen and oxygen atoms in total. The monoisotopic (exact) mass is 1170 g/mol. The summed E-state index contributed by atoms with van der Waals surface area (Å²) in [5, 5.41) is 193. The van der Waals surface area contributed by atoms with Gasteiger partial charge in [-0.2, -0.15) is 0 Å². The number of aliphatic hydroxyl groups excluding tert-OH is 15. The van der Waals surface area contributed by atoms with Crippen molar-refractivity contribution in [3.05, 3.63) is 0 Å². The van der Waals surface area contributed by atoms with Crippen LogP contribution in [0.5, 0.6) is 0 Å². The van der Waals surface area contributed by atoms with Crippen molar-refractivity contribution in [3.8, 4) is 0 Å². The molecule has 4 amide bonds. The van der Waals surface area contributed by atoms with Gasteiger partial charge in [-0.3, -0.25) is 19.2 Å². The summed E-state index contributed by atoms with van der Waals surface area (Å²) in [6.45, 7) is -2.04. The molecule has 5 fully saturated rings. The first-order valence-corrected chi connectivity index (χ1v) is 24.8. The van der Waals surface area contributed by atoms with Crippen molar-refractivity contribution in [2.75, 3.05) is 33.0 Å². The minimum absolute atomic E-state index is 0.823. The van der Waals surface area contributed by atoms with E-state index in [-0.39, 0.29) is 0 Å². The Morgan fingerprint density at radius 2 is 0.950 bits per heavy atom. The van der Waals surface area contributed by atoms with Gasteiger partial charge in [0.2, 0.25) is 23.6 Å². The predicted octanol–water partition coefficient (Wildman–Crippen LogP) is -12.9. The Kier molecular flexibility index (Phi) is 23.3.